The highest BCUT2D eigenvalue weighted by atomic mass is 16.6. The monoisotopic (exact) mass is 528 g/mol. The summed E-state index contributed by atoms with van der Waals surface area (Å²) in [7, 11) is 3.17. The van der Waals surface area contributed by atoms with E-state index in [1.165, 1.54) is 4.90 Å². The van der Waals surface area contributed by atoms with E-state index in [4.69, 9.17) is 4.74 Å². The average Bonchev–Trinajstić information content (AvgIpc) is 2.88. The van der Waals surface area contributed by atoms with Crippen LogP contribution in [0.1, 0.15) is 26.3 Å². The van der Waals surface area contributed by atoms with Crippen molar-refractivity contribution in [3.8, 4) is 5.75 Å². The third-order valence-corrected chi connectivity index (χ3v) is 5.83. The summed E-state index contributed by atoms with van der Waals surface area (Å²) in [6.45, 7) is 8.51. The second kappa shape index (κ2) is 12.9. The highest BCUT2D eigenvalue weighted by Crippen LogP contribution is 2.19. The molecule has 1 aliphatic rings. The Morgan fingerprint density at radius 1 is 1.03 bits per heavy atom. The maximum absolute atomic E-state index is 12.1. The molecular formula is C25H36N8O5. The second-order valence-corrected chi connectivity index (χ2v) is 9.70. The lowest BCUT2D eigenvalue weighted by Crippen LogP contribution is -2.48. The van der Waals surface area contributed by atoms with Gasteiger partial charge in [0.05, 0.1) is 0 Å². The van der Waals surface area contributed by atoms with Gasteiger partial charge in [0.15, 0.2) is 0 Å². The van der Waals surface area contributed by atoms with Gasteiger partial charge in [0.2, 0.25) is 23.8 Å². The number of nitrogens with zero attached hydrogens (tertiary/aromatic N) is 6. The van der Waals surface area contributed by atoms with Crippen molar-refractivity contribution in [2.75, 3.05) is 62.4 Å². The maximum atomic E-state index is 12.1. The minimum Gasteiger partial charge on any atom is -0.480 e. The van der Waals surface area contributed by atoms with E-state index in [-0.39, 0.29) is 18.3 Å². The van der Waals surface area contributed by atoms with Gasteiger partial charge in [-0.05, 0) is 23.6 Å². The Morgan fingerprint density at radius 3 is 2.21 bits per heavy atom. The van der Waals surface area contributed by atoms with Gasteiger partial charge in [-0.25, -0.2) is 9.59 Å². The number of carboxylic acids is 1. The van der Waals surface area contributed by atoms with E-state index < -0.39 is 18.1 Å². The number of aromatic nitrogens is 3. The Hall–Kier alpha value is -4.16. The Kier molecular flexibility index (Phi) is 9.63. The molecule has 206 valence electrons. The molecule has 0 saturated carbocycles. The molecule has 1 aliphatic heterocycles. The zero-order valence-electron chi connectivity index (χ0n) is 22.5. The first-order valence-corrected chi connectivity index (χ1v) is 12.5. The van der Waals surface area contributed by atoms with Crippen LogP contribution in [0.5, 0.6) is 5.75 Å². The number of benzene rings is 1. The summed E-state index contributed by atoms with van der Waals surface area (Å²) < 4.78 is 5.22. The van der Waals surface area contributed by atoms with Gasteiger partial charge in [0.25, 0.3) is 0 Å². The third-order valence-electron chi connectivity index (χ3n) is 5.83. The fourth-order valence-corrected chi connectivity index (χ4v) is 3.64. The van der Waals surface area contributed by atoms with Crippen LogP contribution in [-0.4, -0.2) is 101 Å². The summed E-state index contributed by atoms with van der Waals surface area (Å²) in [4.78, 5) is 54.0. The molecule has 13 nitrogen and oxygen atoms in total. The van der Waals surface area contributed by atoms with Gasteiger partial charge in [-0.15, -0.1) is 0 Å². The van der Waals surface area contributed by atoms with Crippen LogP contribution < -0.4 is 20.3 Å². The molecule has 3 N–H and O–H groups in total. The number of amides is 2. The zero-order chi connectivity index (χ0) is 27.8. The van der Waals surface area contributed by atoms with Crippen molar-refractivity contribution in [1.29, 1.82) is 0 Å². The van der Waals surface area contributed by atoms with Gasteiger partial charge in [-0.2, -0.15) is 15.0 Å². The Morgan fingerprint density at radius 2 is 1.66 bits per heavy atom. The first-order chi connectivity index (χ1) is 18.0. The van der Waals surface area contributed by atoms with Gasteiger partial charge < -0.3 is 35.2 Å². The molecule has 0 unspecified atom stereocenters. The summed E-state index contributed by atoms with van der Waals surface area (Å²) in [6, 6.07) is 5.63. The minimum absolute atomic E-state index is 0.0233. The topological polar surface area (TPSA) is 153 Å². The molecule has 0 aliphatic carbocycles. The fourth-order valence-electron chi connectivity index (χ4n) is 3.64. The molecular weight excluding hydrogens is 492 g/mol. The summed E-state index contributed by atoms with van der Waals surface area (Å²) in [5.41, 5.74) is 0.724. The molecule has 2 aromatic rings. The highest BCUT2D eigenvalue weighted by molar-refractivity contribution is 5.77. The number of carboxylic acid groups (broad SMARTS) is 1. The summed E-state index contributed by atoms with van der Waals surface area (Å²) in [5, 5.41) is 16.0. The number of ether oxygens (including phenoxy) is 1. The van der Waals surface area contributed by atoms with Gasteiger partial charge >= 0.3 is 12.1 Å². The van der Waals surface area contributed by atoms with Crippen LogP contribution in [-0.2, 0) is 16.0 Å². The first-order valence-electron chi connectivity index (χ1n) is 12.5. The van der Waals surface area contributed by atoms with Gasteiger partial charge in [0, 0.05) is 60.2 Å². The van der Waals surface area contributed by atoms with Crippen molar-refractivity contribution in [2.24, 2.45) is 5.92 Å². The Bertz CT molecular complexity index is 1120. The number of hydrogen-bond donors (Lipinski definition) is 3. The molecule has 0 radical (unpaired) electrons. The van der Waals surface area contributed by atoms with Gasteiger partial charge in [-0.3, -0.25) is 4.79 Å². The number of carbonyl (C=O) groups is 3. The lowest BCUT2D eigenvalue weighted by Gasteiger charge is -2.34. The lowest BCUT2D eigenvalue weighted by molar-refractivity contribution is -0.138. The molecule has 1 aromatic heterocycles. The zero-order valence-corrected chi connectivity index (χ0v) is 22.5. The molecule has 0 spiro atoms. The smallest absolute Gasteiger partial charge is 0.414 e. The van der Waals surface area contributed by atoms with Crippen molar-refractivity contribution >= 4 is 35.8 Å². The SMILES string of the molecule is CC(=O)N1CCN(c2nc(NCC(C)C)nc(N[C@@H](Cc3ccc(OC(=O)N(C)C)cc3)C(=O)O)n2)CC1. The molecule has 13 heteroatoms. The minimum atomic E-state index is -1.07. The summed E-state index contributed by atoms with van der Waals surface area (Å²) in [6.07, 6.45) is -0.359. The van der Waals surface area contributed by atoms with Crippen molar-refractivity contribution in [2.45, 2.75) is 33.2 Å². The molecule has 1 atom stereocenters. The van der Waals surface area contributed by atoms with E-state index in [0.29, 0.717) is 56.3 Å². The van der Waals surface area contributed by atoms with Crippen LogP contribution >= 0.6 is 0 Å². The second-order valence-electron chi connectivity index (χ2n) is 9.70. The van der Waals surface area contributed by atoms with Crippen molar-refractivity contribution in [1.82, 2.24) is 24.8 Å². The predicted octanol–water partition coefficient (Wildman–Crippen LogP) is 1.78. The van der Waals surface area contributed by atoms with Crippen LogP contribution in [0.2, 0.25) is 0 Å². The maximum Gasteiger partial charge on any atom is 0.414 e. The first kappa shape index (κ1) is 28.4. The fraction of sp³-hybridized carbons (Fsp3) is 0.520. The standard InChI is InChI=1S/C25H36N8O5/c1-16(2)15-26-22-28-23(30-24(29-22)33-12-10-32(11-13-33)17(3)34)27-20(21(35)36)14-18-6-8-19(9-7-18)38-25(37)31(4)5/h6-9,16,20H,10-15H2,1-5H3,(H,35,36)(H2,26,27,28,29,30)/t20-/m0/s1. The van der Waals surface area contributed by atoms with E-state index in [0.717, 1.165) is 5.56 Å². The molecule has 1 saturated heterocycles. The number of nitrogens with one attached hydrogen (secondary N) is 2. The van der Waals surface area contributed by atoms with E-state index in [1.54, 1.807) is 50.2 Å². The summed E-state index contributed by atoms with van der Waals surface area (Å²) in [5.74, 6) is 0.554. The van der Waals surface area contributed by atoms with Gasteiger partial charge in [-0.1, -0.05) is 26.0 Å². The van der Waals surface area contributed by atoms with Crippen LogP contribution in [0.25, 0.3) is 0 Å². The van der Waals surface area contributed by atoms with E-state index in [9.17, 15) is 19.5 Å². The Labute approximate surface area is 222 Å². The molecule has 2 amide bonds. The van der Waals surface area contributed by atoms with Crippen LogP contribution in [0.3, 0.4) is 0 Å². The number of piperazine rings is 1. The van der Waals surface area contributed by atoms with E-state index >= 15 is 0 Å². The largest absolute Gasteiger partial charge is 0.480 e. The molecule has 2 heterocycles. The average molecular weight is 529 g/mol. The lowest BCUT2D eigenvalue weighted by atomic mass is 10.1. The van der Waals surface area contributed by atoms with Crippen molar-refractivity contribution in [3.63, 3.8) is 0 Å². The summed E-state index contributed by atoms with van der Waals surface area (Å²) >= 11 is 0. The number of aliphatic carboxylic acids is 1. The quantitative estimate of drug-likeness (QED) is 0.413. The van der Waals surface area contributed by atoms with Crippen LogP contribution in [0.15, 0.2) is 24.3 Å². The number of rotatable bonds is 10. The van der Waals surface area contributed by atoms with Crippen LogP contribution in [0, 0.1) is 5.92 Å². The normalized spacial score (nSPS) is 14.2. The predicted molar refractivity (Wildman–Crippen MR) is 143 cm³/mol. The number of carbonyl (C=O) groups excluding carboxylic acids is 2. The van der Waals surface area contributed by atoms with Crippen LogP contribution in [0.4, 0.5) is 22.6 Å². The van der Waals surface area contributed by atoms with Crippen molar-refractivity contribution < 1.29 is 24.2 Å². The van der Waals surface area contributed by atoms with E-state index in [1.807, 2.05) is 4.90 Å². The van der Waals surface area contributed by atoms with Gasteiger partial charge in [0.1, 0.15) is 11.8 Å². The van der Waals surface area contributed by atoms with E-state index in [2.05, 4.69) is 39.4 Å². The highest BCUT2D eigenvalue weighted by Gasteiger charge is 2.24. The molecule has 38 heavy (non-hydrogen) atoms. The molecule has 1 aromatic carbocycles. The molecule has 1 fully saturated rings. The number of anilines is 3. The third kappa shape index (κ3) is 8.18. The van der Waals surface area contributed by atoms with Crippen molar-refractivity contribution in [3.05, 3.63) is 29.8 Å². The molecule has 0 bridgehead atoms. The Balaban J connectivity index is 1.77. The number of hydrogen-bond acceptors (Lipinski definition) is 10. The molecule has 3 rings (SSSR count).